The molecule has 0 fully saturated rings. The first-order valence-corrected chi connectivity index (χ1v) is 6.15. The molecule has 104 valence electrons. The molecule has 0 aliphatic carbocycles. The highest BCUT2D eigenvalue weighted by Crippen LogP contribution is 2.25. The van der Waals surface area contributed by atoms with Crippen LogP contribution in [0.3, 0.4) is 0 Å². The molecule has 0 aromatic heterocycles. The van der Waals surface area contributed by atoms with Crippen LogP contribution in [0.15, 0.2) is 42.5 Å². The van der Waals surface area contributed by atoms with E-state index in [-0.39, 0.29) is 12.1 Å². The Morgan fingerprint density at radius 3 is 2.65 bits per heavy atom. The summed E-state index contributed by atoms with van der Waals surface area (Å²) in [7, 11) is 0. The van der Waals surface area contributed by atoms with Crippen molar-refractivity contribution in [3.63, 3.8) is 0 Å². The molecule has 0 spiro atoms. The number of nitro groups is 1. The third kappa shape index (κ3) is 3.00. The average molecular weight is 275 g/mol. The molecule has 0 amide bonds. The van der Waals surface area contributed by atoms with Gasteiger partial charge in [0.2, 0.25) is 0 Å². The first-order valence-electron chi connectivity index (χ1n) is 6.15. The summed E-state index contributed by atoms with van der Waals surface area (Å²) in [5.41, 5.74) is 1.28. The van der Waals surface area contributed by atoms with Crippen LogP contribution >= 0.6 is 0 Å². The topological polar surface area (TPSA) is 63.4 Å². The van der Waals surface area contributed by atoms with E-state index >= 15 is 0 Å². The van der Waals surface area contributed by atoms with Gasteiger partial charge in [0.25, 0.3) is 5.69 Å². The van der Waals surface area contributed by atoms with Crippen LogP contribution in [-0.2, 0) is 6.42 Å². The van der Waals surface area contributed by atoms with Gasteiger partial charge in [-0.25, -0.2) is 4.39 Å². The van der Waals surface area contributed by atoms with Gasteiger partial charge in [-0.2, -0.15) is 0 Å². The number of aliphatic hydroxyl groups is 1. The van der Waals surface area contributed by atoms with Crippen molar-refractivity contribution in [3.05, 3.63) is 75.1 Å². The number of rotatable bonds is 4. The quantitative estimate of drug-likeness (QED) is 0.687. The predicted molar refractivity (Wildman–Crippen MR) is 72.9 cm³/mol. The number of aliphatic hydroxyl groups excluding tert-OH is 1. The highest BCUT2D eigenvalue weighted by molar-refractivity contribution is 5.41. The van der Waals surface area contributed by atoms with Gasteiger partial charge in [0.05, 0.1) is 11.0 Å². The molecular formula is C15H14FNO3. The van der Waals surface area contributed by atoms with E-state index in [1.807, 2.05) is 0 Å². The fourth-order valence-electron chi connectivity index (χ4n) is 2.00. The largest absolute Gasteiger partial charge is 0.388 e. The van der Waals surface area contributed by atoms with E-state index in [0.717, 1.165) is 0 Å². The van der Waals surface area contributed by atoms with Gasteiger partial charge in [-0.1, -0.05) is 30.3 Å². The van der Waals surface area contributed by atoms with Crippen molar-refractivity contribution in [1.29, 1.82) is 0 Å². The van der Waals surface area contributed by atoms with Gasteiger partial charge in [0, 0.05) is 18.1 Å². The van der Waals surface area contributed by atoms with Crippen molar-refractivity contribution in [2.45, 2.75) is 19.4 Å². The first kappa shape index (κ1) is 14.1. The summed E-state index contributed by atoms with van der Waals surface area (Å²) >= 11 is 0. The zero-order chi connectivity index (χ0) is 14.7. The monoisotopic (exact) mass is 275 g/mol. The molecule has 1 N–H and O–H groups in total. The zero-order valence-electron chi connectivity index (χ0n) is 10.9. The number of halogens is 1. The summed E-state index contributed by atoms with van der Waals surface area (Å²) in [6.07, 6.45) is -0.911. The highest BCUT2D eigenvalue weighted by atomic mass is 19.1. The van der Waals surface area contributed by atoms with E-state index < -0.39 is 16.8 Å². The molecule has 2 rings (SSSR count). The number of nitrogens with zero attached hydrogens (tertiary/aromatic N) is 1. The molecular weight excluding hydrogens is 261 g/mol. The normalized spacial score (nSPS) is 12.2. The van der Waals surface area contributed by atoms with Crippen LogP contribution in [0.2, 0.25) is 0 Å². The van der Waals surface area contributed by atoms with E-state index in [9.17, 15) is 19.6 Å². The van der Waals surface area contributed by atoms with Gasteiger partial charge in [0.15, 0.2) is 0 Å². The Morgan fingerprint density at radius 1 is 1.30 bits per heavy atom. The van der Waals surface area contributed by atoms with Crippen LogP contribution in [0, 0.1) is 22.9 Å². The maximum atomic E-state index is 13.5. The minimum Gasteiger partial charge on any atom is -0.388 e. The predicted octanol–water partition coefficient (Wildman–Crippen LogP) is 3.32. The molecule has 2 aromatic rings. The van der Waals surface area contributed by atoms with Crippen LogP contribution in [0.1, 0.15) is 22.8 Å². The Labute approximate surface area is 115 Å². The molecule has 2 aromatic carbocycles. The summed E-state index contributed by atoms with van der Waals surface area (Å²) in [6.45, 7) is 1.63. The Morgan fingerprint density at radius 2 is 2.00 bits per heavy atom. The lowest BCUT2D eigenvalue weighted by atomic mass is 9.99. The number of nitro benzene ring substituents is 1. The Hall–Kier alpha value is -2.27. The number of para-hydroxylation sites is 1. The average Bonchev–Trinajstić information content (AvgIpc) is 2.42. The lowest BCUT2D eigenvalue weighted by Gasteiger charge is -2.12. The van der Waals surface area contributed by atoms with Gasteiger partial charge < -0.3 is 5.11 Å². The van der Waals surface area contributed by atoms with E-state index in [2.05, 4.69) is 0 Å². The van der Waals surface area contributed by atoms with Crippen LogP contribution in [0.4, 0.5) is 10.1 Å². The molecule has 1 atom stereocenters. The number of aryl methyl sites for hydroxylation is 1. The molecule has 0 radical (unpaired) electrons. The molecule has 0 saturated heterocycles. The molecule has 5 heteroatoms. The number of hydrogen-bond acceptors (Lipinski definition) is 3. The zero-order valence-corrected chi connectivity index (χ0v) is 10.9. The molecule has 0 bridgehead atoms. The van der Waals surface area contributed by atoms with Crippen molar-refractivity contribution in [1.82, 2.24) is 0 Å². The second-order valence-electron chi connectivity index (χ2n) is 4.61. The summed E-state index contributed by atoms with van der Waals surface area (Å²) in [6, 6.07) is 10.7. The maximum Gasteiger partial charge on any atom is 0.272 e. The molecule has 0 heterocycles. The summed E-state index contributed by atoms with van der Waals surface area (Å²) in [5.74, 6) is -0.399. The van der Waals surface area contributed by atoms with E-state index in [4.69, 9.17) is 0 Å². The smallest absolute Gasteiger partial charge is 0.272 e. The van der Waals surface area contributed by atoms with Crippen molar-refractivity contribution < 1.29 is 14.4 Å². The third-order valence-corrected chi connectivity index (χ3v) is 3.18. The summed E-state index contributed by atoms with van der Waals surface area (Å²) < 4.78 is 13.5. The van der Waals surface area contributed by atoms with Crippen LogP contribution in [-0.4, -0.2) is 10.0 Å². The van der Waals surface area contributed by atoms with Crippen LogP contribution in [0.25, 0.3) is 0 Å². The molecule has 1 unspecified atom stereocenters. The molecule has 0 saturated carbocycles. The van der Waals surface area contributed by atoms with Gasteiger partial charge in [0.1, 0.15) is 5.82 Å². The minimum atomic E-state index is -0.980. The van der Waals surface area contributed by atoms with E-state index in [0.29, 0.717) is 16.7 Å². The standard InChI is InChI=1S/C15H14FNO3/c1-10-6-7-12(8-13(10)16)15(18)9-11-4-2-3-5-14(11)17(19)20/h2-8,15,18H,9H2,1H3. The van der Waals surface area contributed by atoms with Gasteiger partial charge in [-0.3, -0.25) is 10.1 Å². The van der Waals surface area contributed by atoms with Crippen LogP contribution < -0.4 is 0 Å². The number of hydrogen-bond donors (Lipinski definition) is 1. The summed E-state index contributed by atoms with van der Waals surface area (Å²) in [4.78, 5) is 10.4. The molecule has 0 aliphatic heterocycles. The fraction of sp³-hybridized carbons (Fsp3) is 0.200. The molecule has 20 heavy (non-hydrogen) atoms. The Balaban J connectivity index is 2.25. The number of benzene rings is 2. The van der Waals surface area contributed by atoms with Gasteiger partial charge >= 0.3 is 0 Å². The third-order valence-electron chi connectivity index (χ3n) is 3.18. The minimum absolute atomic E-state index is 0.0425. The maximum absolute atomic E-state index is 13.5. The second kappa shape index (κ2) is 5.79. The second-order valence-corrected chi connectivity index (χ2v) is 4.61. The summed E-state index contributed by atoms with van der Waals surface area (Å²) in [5, 5.41) is 21.0. The first-order chi connectivity index (χ1) is 9.49. The fourth-order valence-corrected chi connectivity index (χ4v) is 2.00. The van der Waals surface area contributed by atoms with E-state index in [1.165, 1.54) is 12.1 Å². The van der Waals surface area contributed by atoms with E-state index in [1.54, 1.807) is 37.3 Å². The molecule has 4 nitrogen and oxygen atoms in total. The SMILES string of the molecule is Cc1ccc(C(O)Cc2ccccc2[N+](=O)[O-])cc1F. The van der Waals surface area contributed by atoms with Gasteiger partial charge in [-0.15, -0.1) is 0 Å². The van der Waals surface area contributed by atoms with Crippen molar-refractivity contribution >= 4 is 5.69 Å². The Kier molecular flexibility index (Phi) is 4.10. The highest BCUT2D eigenvalue weighted by Gasteiger charge is 2.17. The molecule has 0 aliphatic rings. The van der Waals surface area contributed by atoms with Gasteiger partial charge in [-0.05, 0) is 24.1 Å². The lowest BCUT2D eigenvalue weighted by Crippen LogP contribution is -2.05. The Bertz CT molecular complexity index is 643. The van der Waals surface area contributed by atoms with Crippen molar-refractivity contribution in [2.24, 2.45) is 0 Å². The lowest BCUT2D eigenvalue weighted by molar-refractivity contribution is -0.385. The van der Waals surface area contributed by atoms with Crippen molar-refractivity contribution in [3.8, 4) is 0 Å². The van der Waals surface area contributed by atoms with Crippen molar-refractivity contribution in [2.75, 3.05) is 0 Å². The van der Waals surface area contributed by atoms with Crippen LogP contribution in [0.5, 0.6) is 0 Å².